The van der Waals surface area contributed by atoms with E-state index < -0.39 is 8.07 Å². The molecule has 0 aromatic carbocycles. The zero-order valence-electron chi connectivity index (χ0n) is 15.6. The van der Waals surface area contributed by atoms with Gasteiger partial charge in [-0.05, 0) is 63.7 Å². The van der Waals surface area contributed by atoms with Gasteiger partial charge in [0.1, 0.15) is 0 Å². The molecule has 0 radical (unpaired) electrons. The van der Waals surface area contributed by atoms with Gasteiger partial charge in [0.05, 0.1) is 19.3 Å². The number of hydrogen-bond donors (Lipinski definition) is 0. The van der Waals surface area contributed by atoms with Crippen molar-refractivity contribution in [1.29, 1.82) is 0 Å². The van der Waals surface area contributed by atoms with Gasteiger partial charge in [-0.25, -0.2) is 0 Å². The normalized spacial score (nSPS) is 20.8. The number of nitrogens with zero attached hydrogens (tertiary/aromatic N) is 1. The summed E-state index contributed by atoms with van der Waals surface area (Å²) in [5, 5.41) is 0. The van der Waals surface area contributed by atoms with E-state index in [4.69, 9.17) is 9.31 Å². The van der Waals surface area contributed by atoms with E-state index in [1.54, 1.807) is 0 Å². The van der Waals surface area contributed by atoms with Crippen LogP contribution in [0.1, 0.15) is 39.7 Å². The quantitative estimate of drug-likeness (QED) is 0.747. The Morgan fingerprint density at radius 3 is 2.09 bits per heavy atom. The Hall–Kier alpha value is -0.908. The molecule has 0 bridgehead atoms. The number of allylic oxidation sites excluding steroid dienone is 1. The Morgan fingerprint density at radius 1 is 1.09 bits per heavy atom. The number of rotatable bonds is 5. The molecule has 1 aromatic heterocycles. The highest BCUT2D eigenvalue weighted by Gasteiger charge is 2.52. The summed E-state index contributed by atoms with van der Waals surface area (Å²) in [7, 11) is -1.58. The van der Waals surface area contributed by atoms with Gasteiger partial charge in [-0.15, -0.1) is 0 Å². The van der Waals surface area contributed by atoms with Crippen molar-refractivity contribution in [1.82, 2.24) is 4.98 Å². The molecule has 1 aliphatic heterocycles. The molecule has 5 heteroatoms. The van der Waals surface area contributed by atoms with Crippen LogP contribution in [-0.4, -0.2) is 31.4 Å². The van der Waals surface area contributed by atoms with E-state index in [1.807, 2.05) is 12.4 Å². The molecule has 0 amide bonds. The smallest absolute Gasteiger partial charge is 0.400 e. The lowest BCUT2D eigenvalue weighted by atomic mass is 9.76. The van der Waals surface area contributed by atoms with Gasteiger partial charge >= 0.3 is 7.12 Å². The van der Waals surface area contributed by atoms with E-state index in [-0.39, 0.29) is 18.3 Å². The maximum Gasteiger partial charge on any atom is 0.489 e. The first-order valence-corrected chi connectivity index (χ1v) is 12.0. The maximum atomic E-state index is 6.28. The fourth-order valence-corrected chi connectivity index (χ4v) is 4.04. The number of aryl methyl sites for hydroxylation is 1. The molecule has 3 nitrogen and oxygen atoms in total. The van der Waals surface area contributed by atoms with E-state index in [0.717, 1.165) is 12.8 Å². The van der Waals surface area contributed by atoms with Crippen molar-refractivity contribution in [2.75, 3.05) is 0 Å². The van der Waals surface area contributed by atoms with Crippen molar-refractivity contribution in [3.05, 3.63) is 41.3 Å². The molecule has 0 spiro atoms. The fourth-order valence-electron chi connectivity index (χ4n) is 2.65. The van der Waals surface area contributed by atoms with E-state index in [9.17, 15) is 0 Å². The van der Waals surface area contributed by atoms with E-state index in [0.29, 0.717) is 0 Å². The molecule has 1 aromatic rings. The van der Waals surface area contributed by atoms with Gasteiger partial charge in [0.15, 0.2) is 0 Å². The molecule has 0 N–H and O–H groups in total. The minimum Gasteiger partial charge on any atom is -0.400 e. The molecule has 2 rings (SSSR count). The van der Waals surface area contributed by atoms with Crippen LogP contribution in [-0.2, 0) is 15.7 Å². The predicted molar refractivity (Wildman–Crippen MR) is 100 cm³/mol. The second-order valence-corrected chi connectivity index (χ2v) is 13.5. The van der Waals surface area contributed by atoms with Crippen molar-refractivity contribution in [3.8, 4) is 0 Å². The van der Waals surface area contributed by atoms with Crippen LogP contribution in [0.4, 0.5) is 0 Å². The van der Waals surface area contributed by atoms with Crippen LogP contribution in [0.2, 0.25) is 19.6 Å². The molecule has 1 saturated heterocycles. The van der Waals surface area contributed by atoms with Crippen LogP contribution in [0.5, 0.6) is 0 Å². The van der Waals surface area contributed by atoms with Crippen molar-refractivity contribution in [2.24, 2.45) is 0 Å². The zero-order valence-corrected chi connectivity index (χ0v) is 16.6. The predicted octanol–water partition coefficient (Wildman–Crippen LogP) is 4.45. The maximum absolute atomic E-state index is 6.28. The van der Waals surface area contributed by atoms with Crippen LogP contribution >= 0.6 is 0 Å². The highest BCUT2D eigenvalue weighted by Crippen LogP contribution is 2.39. The Labute approximate surface area is 142 Å². The van der Waals surface area contributed by atoms with E-state index in [2.05, 4.69) is 70.2 Å². The van der Waals surface area contributed by atoms with Gasteiger partial charge in [0, 0.05) is 12.4 Å². The zero-order chi connectivity index (χ0) is 17.3. The molecule has 0 unspecified atom stereocenters. The van der Waals surface area contributed by atoms with Crippen LogP contribution in [0.3, 0.4) is 0 Å². The van der Waals surface area contributed by atoms with Crippen LogP contribution in [0.15, 0.2) is 35.7 Å². The lowest BCUT2D eigenvalue weighted by Gasteiger charge is -2.32. The Bertz CT molecular complexity index is 548. The van der Waals surface area contributed by atoms with Gasteiger partial charge < -0.3 is 9.31 Å². The average Bonchev–Trinajstić information content (AvgIpc) is 2.63. The second kappa shape index (κ2) is 6.54. The van der Waals surface area contributed by atoms with Crippen molar-refractivity contribution >= 4 is 15.2 Å². The van der Waals surface area contributed by atoms with Crippen LogP contribution < -0.4 is 0 Å². The SMILES string of the molecule is CC1(C)OB(/C(=C/[Si](C)(C)C)CCc2ccncc2)OC1(C)C. The van der Waals surface area contributed by atoms with Crippen LogP contribution in [0.25, 0.3) is 0 Å². The van der Waals surface area contributed by atoms with E-state index in [1.165, 1.54) is 11.0 Å². The summed E-state index contributed by atoms with van der Waals surface area (Å²) in [4.78, 5) is 4.09. The largest absolute Gasteiger partial charge is 0.489 e. The summed E-state index contributed by atoms with van der Waals surface area (Å²) in [5.74, 6) is 0. The molecule has 0 aliphatic carbocycles. The van der Waals surface area contributed by atoms with Crippen molar-refractivity contribution < 1.29 is 9.31 Å². The third-order valence-electron chi connectivity index (χ3n) is 4.63. The first-order valence-electron chi connectivity index (χ1n) is 8.46. The topological polar surface area (TPSA) is 31.4 Å². The molecular formula is C18H30BNO2Si. The molecule has 1 aliphatic rings. The Kier molecular flexibility index (Phi) is 5.24. The summed E-state index contributed by atoms with van der Waals surface area (Å²) in [6.45, 7) is 15.5. The van der Waals surface area contributed by atoms with Crippen molar-refractivity contribution in [3.63, 3.8) is 0 Å². The van der Waals surface area contributed by atoms with Gasteiger partial charge in [0.2, 0.25) is 0 Å². The van der Waals surface area contributed by atoms with Gasteiger partial charge in [-0.2, -0.15) is 0 Å². The summed E-state index contributed by atoms with van der Waals surface area (Å²) < 4.78 is 12.6. The monoisotopic (exact) mass is 331 g/mol. The molecule has 1 fully saturated rings. The molecule has 2 heterocycles. The summed E-state index contributed by atoms with van der Waals surface area (Å²) in [6.07, 6.45) is 5.66. The van der Waals surface area contributed by atoms with Gasteiger partial charge in [-0.1, -0.05) is 25.3 Å². The van der Waals surface area contributed by atoms with Gasteiger partial charge in [0.25, 0.3) is 0 Å². The fraction of sp³-hybridized carbons (Fsp3) is 0.611. The minimum absolute atomic E-state index is 0.228. The number of aromatic nitrogens is 1. The third-order valence-corrected chi connectivity index (χ3v) is 5.86. The highest BCUT2D eigenvalue weighted by molar-refractivity contribution is 6.82. The number of hydrogen-bond acceptors (Lipinski definition) is 3. The molecule has 126 valence electrons. The van der Waals surface area contributed by atoms with Crippen molar-refractivity contribution in [2.45, 2.75) is 71.4 Å². The second-order valence-electron chi connectivity index (χ2n) is 8.53. The molecule has 23 heavy (non-hydrogen) atoms. The average molecular weight is 331 g/mol. The highest BCUT2D eigenvalue weighted by atomic mass is 28.3. The molecular weight excluding hydrogens is 301 g/mol. The Balaban J connectivity index is 2.18. The summed E-state index contributed by atoms with van der Waals surface area (Å²) >= 11 is 0. The number of pyridine rings is 1. The minimum atomic E-state index is -1.35. The van der Waals surface area contributed by atoms with Crippen LogP contribution in [0, 0.1) is 0 Å². The summed E-state index contributed by atoms with van der Waals surface area (Å²) in [6, 6.07) is 4.16. The first-order chi connectivity index (χ1) is 10.5. The lowest BCUT2D eigenvalue weighted by Crippen LogP contribution is -2.41. The standard InChI is InChI=1S/C18H30BNO2Si/c1-17(2)18(3,4)22-19(21-17)16(14-23(5,6)7)9-8-15-10-12-20-13-11-15/h10-14H,8-9H2,1-7H3/b16-14+. The Morgan fingerprint density at radius 2 is 1.61 bits per heavy atom. The lowest BCUT2D eigenvalue weighted by molar-refractivity contribution is 0.00578. The van der Waals surface area contributed by atoms with Gasteiger partial charge in [-0.3, -0.25) is 4.98 Å². The summed E-state index contributed by atoms with van der Waals surface area (Å²) in [5.41, 5.74) is 4.47. The van der Waals surface area contributed by atoms with E-state index >= 15 is 0 Å². The molecule has 0 saturated carbocycles. The molecule has 0 atom stereocenters. The first kappa shape index (κ1) is 18.4. The third kappa shape index (κ3) is 4.78.